The lowest BCUT2D eigenvalue weighted by molar-refractivity contribution is -0.151. The molecule has 0 aromatic heterocycles. The van der Waals surface area contributed by atoms with E-state index in [1.54, 1.807) is 31.2 Å². The molecule has 0 bridgehead atoms. The van der Waals surface area contributed by atoms with Crippen LogP contribution in [0.1, 0.15) is 70.3 Å². The van der Waals surface area contributed by atoms with Crippen molar-refractivity contribution < 1.29 is 33.3 Å². The van der Waals surface area contributed by atoms with Gasteiger partial charge in [-0.15, -0.1) is 13.2 Å². The summed E-state index contributed by atoms with van der Waals surface area (Å²) in [6.45, 7) is 24.2. The number of aromatic hydroxyl groups is 1. The van der Waals surface area contributed by atoms with Crippen LogP contribution < -0.4 is 4.74 Å². The molecule has 0 radical (unpaired) electrons. The van der Waals surface area contributed by atoms with Crippen molar-refractivity contribution in [3.05, 3.63) is 54.6 Å². The zero-order valence-electron chi connectivity index (χ0n) is 24.5. The fourth-order valence-corrected chi connectivity index (χ4v) is 5.30. The second kappa shape index (κ2) is 12.6. The first-order chi connectivity index (χ1) is 17.5. The highest BCUT2D eigenvalue weighted by molar-refractivity contribution is 6.74. The topological polar surface area (TPSA) is 83.5 Å². The first kappa shape index (κ1) is 31.8. The average molecular weight is 547 g/mol. The Morgan fingerprint density at radius 3 is 2.45 bits per heavy atom. The van der Waals surface area contributed by atoms with Gasteiger partial charge in [0.05, 0.1) is 19.3 Å². The van der Waals surface area contributed by atoms with Crippen molar-refractivity contribution in [2.75, 3.05) is 7.11 Å². The number of carbonyl (C=O) groups excluding carboxylic acids is 1. The summed E-state index contributed by atoms with van der Waals surface area (Å²) in [6, 6.07) is 3.08. The molecule has 8 heteroatoms. The van der Waals surface area contributed by atoms with E-state index in [-0.39, 0.29) is 40.8 Å². The number of benzene rings is 1. The molecule has 212 valence electrons. The van der Waals surface area contributed by atoms with Gasteiger partial charge in [-0.05, 0) is 57.0 Å². The van der Waals surface area contributed by atoms with Gasteiger partial charge in [0.2, 0.25) is 0 Å². The van der Waals surface area contributed by atoms with Crippen LogP contribution in [0.25, 0.3) is 6.08 Å². The van der Waals surface area contributed by atoms with Crippen LogP contribution in [-0.4, -0.2) is 56.7 Å². The molecule has 38 heavy (non-hydrogen) atoms. The van der Waals surface area contributed by atoms with E-state index in [4.69, 9.17) is 23.4 Å². The molecular formula is C30H46O7Si. The summed E-state index contributed by atoms with van der Waals surface area (Å²) in [4.78, 5) is 12.9. The minimum atomic E-state index is -2.10. The molecule has 0 saturated carbocycles. The van der Waals surface area contributed by atoms with E-state index in [0.29, 0.717) is 24.2 Å². The maximum Gasteiger partial charge on any atom is 0.342 e. The van der Waals surface area contributed by atoms with Gasteiger partial charge in [-0.2, -0.15) is 0 Å². The maximum absolute atomic E-state index is 12.9. The van der Waals surface area contributed by atoms with Crippen molar-refractivity contribution in [1.82, 2.24) is 0 Å². The lowest BCUT2D eigenvalue weighted by atomic mass is 10.0. The van der Waals surface area contributed by atoms with Crippen molar-refractivity contribution in [2.45, 2.75) is 103 Å². The van der Waals surface area contributed by atoms with E-state index in [1.165, 1.54) is 13.2 Å². The molecular weight excluding hydrogens is 500 g/mol. The van der Waals surface area contributed by atoms with Crippen LogP contribution in [0.5, 0.6) is 11.5 Å². The molecule has 1 aromatic carbocycles. The lowest BCUT2D eigenvalue weighted by Crippen LogP contribution is -2.48. The number of phenolic OH excluding ortho intramolecular Hbond substituents is 1. The third kappa shape index (κ3) is 8.05. The highest BCUT2D eigenvalue weighted by Gasteiger charge is 2.47. The quantitative estimate of drug-likeness (QED) is 0.171. The molecule has 1 aromatic rings. The van der Waals surface area contributed by atoms with Crippen LogP contribution in [0, 0.1) is 0 Å². The number of hydrogen-bond donors (Lipinski definition) is 1. The monoisotopic (exact) mass is 546 g/mol. The standard InChI is InChI=1S/C30H46O7Si/c1-12-15-20(3)34-28(32)26-21(18-22(33-9)19-23(26)31)16-14-17-25-27(36-30(7,8)35-25)24(13-2)37-38(10,11)29(4,5)6/h12-14,16,18-20,24-25,27,31H,1-2,15,17H2,3-11H3/b16-14+/t20-,24-,25-,27+/m0/s1. The second-order valence-electron chi connectivity index (χ2n) is 11.7. The van der Waals surface area contributed by atoms with Crippen molar-refractivity contribution in [1.29, 1.82) is 0 Å². The molecule has 1 heterocycles. The van der Waals surface area contributed by atoms with Crippen LogP contribution in [0.3, 0.4) is 0 Å². The number of ether oxygens (including phenoxy) is 4. The third-order valence-corrected chi connectivity index (χ3v) is 11.5. The normalized spacial score (nSPS) is 21.2. The molecule has 4 atom stereocenters. The summed E-state index contributed by atoms with van der Waals surface area (Å²) in [5, 5.41) is 10.6. The molecule has 1 aliphatic heterocycles. The Bertz CT molecular complexity index is 1020. The molecule has 0 amide bonds. The number of carbonyl (C=O) groups is 1. The predicted octanol–water partition coefficient (Wildman–Crippen LogP) is 7.02. The fourth-order valence-electron chi connectivity index (χ4n) is 4.04. The van der Waals surface area contributed by atoms with E-state index >= 15 is 0 Å². The summed E-state index contributed by atoms with van der Waals surface area (Å²) in [5.74, 6) is -1.19. The fraction of sp³-hybridized carbons (Fsp3) is 0.567. The summed E-state index contributed by atoms with van der Waals surface area (Å²) in [5.41, 5.74) is 0.550. The van der Waals surface area contributed by atoms with Gasteiger partial charge in [-0.25, -0.2) is 4.79 Å². The minimum Gasteiger partial charge on any atom is -0.507 e. The van der Waals surface area contributed by atoms with Crippen LogP contribution in [-0.2, 0) is 18.6 Å². The molecule has 1 N–H and O–H groups in total. The zero-order chi connectivity index (χ0) is 28.9. The van der Waals surface area contributed by atoms with Gasteiger partial charge in [0.15, 0.2) is 14.1 Å². The molecule has 1 saturated heterocycles. The number of esters is 1. The highest BCUT2D eigenvalue weighted by atomic mass is 28.4. The van der Waals surface area contributed by atoms with Gasteiger partial charge < -0.3 is 28.5 Å². The van der Waals surface area contributed by atoms with Gasteiger partial charge in [-0.3, -0.25) is 0 Å². The van der Waals surface area contributed by atoms with Crippen LogP contribution >= 0.6 is 0 Å². The highest BCUT2D eigenvalue weighted by Crippen LogP contribution is 2.40. The van der Waals surface area contributed by atoms with Gasteiger partial charge in [0.25, 0.3) is 0 Å². The van der Waals surface area contributed by atoms with E-state index in [1.807, 2.05) is 19.9 Å². The van der Waals surface area contributed by atoms with Crippen molar-refractivity contribution in [3.63, 3.8) is 0 Å². The first-order valence-electron chi connectivity index (χ1n) is 13.1. The molecule has 2 rings (SSSR count). The van der Waals surface area contributed by atoms with Crippen molar-refractivity contribution >= 4 is 20.4 Å². The Morgan fingerprint density at radius 1 is 1.24 bits per heavy atom. The molecule has 0 spiro atoms. The first-order valence-corrected chi connectivity index (χ1v) is 16.0. The van der Waals surface area contributed by atoms with Crippen molar-refractivity contribution in [2.24, 2.45) is 0 Å². The number of hydrogen-bond acceptors (Lipinski definition) is 7. The molecule has 1 fully saturated rings. The predicted molar refractivity (Wildman–Crippen MR) is 154 cm³/mol. The zero-order valence-corrected chi connectivity index (χ0v) is 25.5. The number of methoxy groups -OCH3 is 1. The lowest BCUT2D eigenvalue weighted by Gasteiger charge is -2.40. The summed E-state index contributed by atoms with van der Waals surface area (Å²) in [7, 11) is -0.596. The summed E-state index contributed by atoms with van der Waals surface area (Å²) in [6.07, 6.45) is 6.75. The van der Waals surface area contributed by atoms with Gasteiger partial charge in [0.1, 0.15) is 29.3 Å². The van der Waals surface area contributed by atoms with E-state index in [9.17, 15) is 9.90 Å². The van der Waals surface area contributed by atoms with E-state index in [0.717, 1.165) is 0 Å². The maximum atomic E-state index is 12.9. The van der Waals surface area contributed by atoms with Gasteiger partial charge >= 0.3 is 5.97 Å². The van der Waals surface area contributed by atoms with Gasteiger partial charge in [-0.1, -0.05) is 45.1 Å². The van der Waals surface area contributed by atoms with E-state index < -0.39 is 20.1 Å². The Morgan fingerprint density at radius 2 is 1.89 bits per heavy atom. The number of phenols is 1. The largest absolute Gasteiger partial charge is 0.507 e. The smallest absolute Gasteiger partial charge is 0.342 e. The number of rotatable bonds is 12. The Balaban J connectivity index is 2.32. The Hall–Kier alpha value is -2.39. The van der Waals surface area contributed by atoms with Crippen LogP contribution in [0.15, 0.2) is 43.5 Å². The summed E-state index contributed by atoms with van der Waals surface area (Å²) < 4.78 is 30.0. The summed E-state index contributed by atoms with van der Waals surface area (Å²) >= 11 is 0. The van der Waals surface area contributed by atoms with Gasteiger partial charge in [0, 0.05) is 12.5 Å². The second-order valence-corrected chi connectivity index (χ2v) is 16.5. The molecule has 1 aliphatic rings. The molecule has 0 unspecified atom stereocenters. The van der Waals surface area contributed by atoms with Crippen LogP contribution in [0.2, 0.25) is 18.1 Å². The van der Waals surface area contributed by atoms with E-state index in [2.05, 4.69) is 47.0 Å². The third-order valence-electron chi connectivity index (χ3n) is 7.05. The average Bonchev–Trinajstić information content (AvgIpc) is 3.10. The SMILES string of the molecule is C=CC[C@H](C)OC(=O)c1c(O)cc(OC)cc1/C=C/C[C@@H]1OC(C)(C)O[C@@H]1[C@H](C=C)O[Si](C)(C)C(C)(C)C. The van der Waals surface area contributed by atoms with Crippen LogP contribution in [0.4, 0.5) is 0 Å². The molecule has 0 aliphatic carbocycles. The Labute approximate surface area is 229 Å². The molecule has 7 nitrogen and oxygen atoms in total. The minimum absolute atomic E-state index is 0.0290. The van der Waals surface area contributed by atoms with Crippen molar-refractivity contribution in [3.8, 4) is 11.5 Å². The Kier molecular flexibility index (Phi) is 10.6.